The van der Waals surface area contributed by atoms with Crippen LogP contribution in [-0.4, -0.2) is 34.8 Å². The Bertz CT molecular complexity index is 972. The van der Waals surface area contributed by atoms with E-state index in [-0.39, 0.29) is 16.6 Å². The van der Waals surface area contributed by atoms with E-state index in [1.165, 1.54) is 13.0 Å². The van der Waals surface area contributed by atoms with Gasteiger partial charge in [0.25, 0.3) is 5.69 Å². The molecule has 2 aromatic rings. The molecule has 0 aliphatic rings. The van der Waals surface area contributed by atoms with E-state index < -0.39 is 35.3 Å². The molecule has 12 heteroatoms. The summed E-state index contributed by atoms with van der Waals surface area (Å²) in [6.45, 7) is -0.274. The van der Waals surface area contributed by atoms with Crippen LogP contribution < -0.4 is 15.4 Å². The van der Waals surface area contributed by atoms with Gasteiger partial charge in [-0.2, -0.15) is 8.78 Å². The first-order valence-electron chi connectivity index (χ1n) is 8.25. The zero-order valence-electron chi connectivity index (χ0n) is 15.3. The molecular formula is C18H15F4N3O4S. The van der Waals surface area contributed by atoms with Crippen LogP contribution in [0.15, 0.2) is 42.5 Å². The summed E-state index contributed by atoms with van der Waals surface area (Å²) < 4.78 is 55.3. The highest BCUT2D eigenvalue weighted by Crippen LogP contribution is 2.29. The van der Waals surface area contributed by atoms with Crippen molar-refractivity contribution in [1.29, 1.82) is 0 Å². The van der Waals surface area contributed by atoms with Crippen molar-refractivity contribution in [3.8, 4) is 5.75 Å². The van der Waals surface area contributed by atoms with Gasteiger partial charge in [-0.3, -0.25) is 14.9 Å². The lowest BCUT2D eigenvalue weighted by molar-refractivity contribution is -0.384. The predicted molar refractivity (Wildman–Crippen MR) is 106 cm³/mol. The minimum atomic E-state index is -4.42. The van der Waals surface area contributed by atoms with Crippen LogP contribution in [0.25, 0.3) is 0 Å². The number of thiocarbonyl (C=S) groups is 1. The van der Waals surface area contributed by atoms with Crippen LogP contribution in [0, 0.1) is 10.1 Å². The molecular weight excluding hydrogens is 430 g/mol. The molecule has 160 valence electrons. The standard InChI is InChI=1S/C18H15F4N3O4S/c1-10(26)11-3-2-4-12(5-11)23-17(30)24-13-6-14(25(27)28)8-15(7-13)29-9-18(21,22)16(19)20/h2-8,16H,9H2,1H3,(H2,23,24,30). The second-order valence-corrected chi connectivity index (χ2v) is 6.45. The molecule has 0 unspecified atom stereocenters. The van der Waals surface area contributed by atoms with Crippen LogP contribution in [-0.2, 0) is 0 Å². The highest BCUT2D eigenvalue weighted by Gasteiger charge is 2.41. The Balaban J connectivity index is 2.16. The largest absolute Gasteiger partial charge is 0.487 e. The van der Waals surface area contributed by atoms with E-state index in [0.717, 1.165) is 18.2 Å². The number of Topliss-reactive ketones (excluding diaryl/α,β-unsaturated/α-hetero) is 1. The van der Waals surface area contributed by atoms with E-state index in [2.05, 4.69) is 15.4 Å². The summed E-state index contributed by atoms with van der Waals surface area (Å²) in [4.78, 5) is 21.7. The van der Waals surface area contributed by atoms with Crippen molar-refractivity contribution in [3.63, 3.8) is 0 Å². The number of halogens is 4. The molecule has 0 radical (unpaired) electrons. The van der Waals surface area contributed by atoms with Crippen molar-refractivity contribution in [2.45, 2.75) is 19.3 Å². The Labute approximate surface area is 173 Å². The molecule has 7 nitrogen and oxygen atoms in total. The summed E-state index contributed by atoms with van der Waals surface area (Å²) in [7, 11) is 0. The quantitative estimate of drug-likeness (QED) is 0.197. The monoisotopic (exact) mass is 445 g/mol. The van der Waals surface area contributed by atoms with E-state index in [1.54, 1.807) is 18.2 Å². The van der Waals surface area contributed by atoms with E-state index >= 15 is 0 Å². The highest BCUT2D eigenvalue weighted by atomic mass is 32.1. The van der Waals surface area contributed by atoms with Crippen molar-refractivity contribution in [2.24, 2.45) is 0 Å². The molecule has 0 aliphatic carbocycles. The minimum absolute atomic E-state index is 0.000198. The SMILES string of the molecule is CC(=O)c1cccc(NC(=S)Nc2cc(OCC(F)(F)C(F)F)cc([N+](=O)[O-])c2)c1. The Morgan fingerprint density at radius 3 is 2.47 bits per heavy atom. The molecule has 0 saturated heterocycles. The fourth-order valence-corrected chi connectivity index (χ4v) is 2.43. The number of benzene rings is 2. The number of hydrogen-bond acceptors (Lipinski definition) is 5. The molecule has 0 bridgehead atoms. The molecule has 0 atom stereocenters. The van der Waals surface area contributed by atoms with Gasteiger partial charge in [0.2, 0.25) is 0 Å². The average molecular weight is 445 g/mol. The molecule has 0 aliphatic heterocycles. The Morgan fingerprint density at radius 2 is 1.87 bits per heavy atom. The van der Waals surface area contributed by atoms with Crippen LogP contribution in [0.4, 0.5) is 34.6 Å². The average Bonchev–Trinajstić information content (AvgIpc) is 2.66. The minimum Gasteiger partial charge on any atom is -0.487 e. The summed E-state index contributed by atoms with van der Waals surface area (Å²) in [5, 5.41) is 16.4. The van der Waals surface area contributed by atoms with Crippen LogP contribution in [0.5, 0.6) is 5.75 Å². The van der Waals surface area contributed by atoms with Crippen molar-refractivity contribution >= 4 is 40.2 Å². The maximum absolute atomic E-state index is 13.1. The first-order chi connectivity index (χ1) is 14.0. The number of carbonyl (C=O) groups is 1. The van der Waals surface area contributed by atoms with Gasteiger partial charge in [0.05, 0.1) is 16.7 Å². The third-order valence-electron chi connectivity index (χ3n) is 3.64. The maximum atomic E-state index is 13.1. The number of ketones is 1. The summed E-state index contributed by atoms with van der Waals surface area (Å²) in [5.41, 5.74) is 0.351. The topological polar surface area (TPSA) is 93.5 Å². The smallest absolute Gasteiger partial charge is 0.340 e. The Hall–Kier alpha value is -3.28. The molecule has 0 aromatic heterocycles. The lowest BCUT2D eigenvalue weighted by Gasteiger charge is -2.17. The van der Waals surface area contributed by atoms with Crippen molar-refractivity contribution in [3.05, 3.63) is 58.1 Å². The molecule has 2 rings (SSSR count). The number of anilines is 2. The van der Waals surface area contributed by atoms with Crippen LogP contribution in [0.1, 0.15) is 17.3 Å². The highest BCUT2D eigenvalue weighted by molar-refractivity contribution is 7.80. The van der Waals surface area contributed by atoms with Crippen molar-refractivity contribution in [2.75, 3.05) is 17.2 Å². The summed E-state index contributed by atoms with van der Waals surface area (Å²) in [5.74, 6) is -5.01. The van der Waals surface area contributed by atoms with E-state index in [0.29, 0.717) is 11.3 Å². The predicted octanol–water partition coefficient (Wildman–Crippen LogP) is 4.89. The fraction of sp³-hybridized carbons (Fsp3) is 0.222. The number of carbonyl (C=O) groups excluding carboxylic acids is 1. The molecule has 2 N–H and O–H groups in total. The Kier molecular flexibility index (Phi) is 7.27. The van der Waals surface area contributed by atoms with Gasteiger partial charge >= 0.3 is 12.3 Å². The molecule has 30 heavy (non-hydrogen) atoms. The van der Waals surface area contributed by atoms with Crippen LogP contribution in [0.2, 0.25) is 0 Å². The summed E-state index contributed by atoms with van der Waals surface area (Å²) in [6.07, 6.45) is -3.95. The number of non-ortho nitro benzene ring substituents is 1. The van der Waals surface area contributed by atoms with Crippen LogP contribution in [0.3, 0.4) is 0 Å². The van der Waals surface area contributed by atoms with E-state index in [9.17, 15) is 32.5 Å². The number of rotatable bonds is 8. The van der Waals surface area contributed by atoms with Gasteiger partial charge in [-0.1, -0.05) is 12.1 Å². The van der Waals surface area contributed by atoms with Gasteiger partial charge in [0, 0.05) is 23.4 Å². The second-order valence-electron chi connectivity index (χ2n) is 6.04. The van der Waals surface area contributed by atoms with E-state index in [1.807, 2.05) is 0 Å². The van der Waals surface area contributed by atoms with Gasteiger partial charge in [0.15, 0.2) is 17.5 Å². The fourth-order valence-electron chi connectivity index (χ4n) is 2.20. The van der Waals surface area contributed by atoms with Gasteiger partial charge in [0.1, 0.15) is 5.75 Å². The molecule has 0 heterocycles. The summed E-state index contributed by atoms with van der Waals surface area (Å²) in [6, 6.07) is 9.33. The van der Waals surface area contributed by atoms with Gasteiger partial charge in [-0.05, 0) is 31.3 Å². The van der Waals surface area contributed by atoms with Gasteiger partial charge < -0.3 is 15.4 Å². The molecule has 0 fully saturated rings. The lowest BCUT2D eigenvalue weighted by atomic mass is 10.1. The number of nitro benzene ring substituents is 1. The zero-order chi connectivity index (χ0) is 22.5. The van der Waals surface area contributed by atoms with Crippen molar-refractivity contribution in [1.82, 2.24) is 0 Å². The molecule has 0 amide bonds. The Morgan fingerprint density at radius 1 is 1.20 bits per heavy atom. The molecule has 0 saturated carbocycles. The van der Waals surface area contributed by atoms with Crippen LogP contribution >= 0.6 is 12.2 Å². The number of nitrogens with zero attached hydrogens (tertiary/aromatic N) is 1. The third kappa shape index (κ3) is 6.37. The first kappa shape index (κ1) is 23.0. The van der Waals surface area contributed by atoms with Gasteiger partial charge in [-0.25, -0.2) is 8.78 Å². The number of ether oxygens (including phenoxy) is 1. The first-order valence-corrected chi connectivity index (χ1v) is 8.66. The zero-order valence-corrected chi connectivity index (χ0v) is 16.1. The number of nitro groups is 1. The normalized spacial score (nSPS) is 11.1. The lowest BCUT2D eigenvalue weighted by Crippen LogP contribution is -2.33. The number of hydrogen-bond donors (Lipinski definition) is 2. The van der Waals surface area contributed by atoms with E-state index in [4.69, 9.17) is 12.2 Å². The molecule has 0 spiro atoms. The number of alkyl halides is 4. The number of nitrogens with one attached hydrogen (secondary N) is 2. The third-order valence-corrected chi connectivity index (χ3v) is 3.84. The maximum Gasteiger partial charge on any atom is 0.340 e. The van der Waals surface area contributed by atoms with Gasteiger partial charge in [-0.15, -0.1) is 0 Å². The summed E-state index contributed by atoms with van der Waals surface area (Å²) >= 11 is 5.10. The van der Waals surface area contributed by atoms with Crippen molar-refractivity contribution < 1.29 is 32.0 Å². The second kappa shape index (κ2) is 9.48. The molecule has 2 aromatic carbocycles.